The van der Waals surface area contributed by atoms with Gasteiger partial charge in [-0.2, -0.15) is 22.0 Å². The lowest BCUT2D eigenvalue weighted by Gasteiger charge is -2.19. The van der Waals surface area contributed by atoms with Crippen LogP contribution in [-0.4, -0.2) is 30.6 Å². The van der Waals surface area contributed by atoms with Crippen molar-refractivity contribution in [2.45, 2.75) is 38.5 Å². The molecule has 1 aromatic carbocycles. The van der Waals surface area contributed by atoms with E-state index in [1.807, 2.05) is 0 Å². The summed E-state index contributed by atoms with van der Waals surface area (Å²) in [6.45, 7) is 4.31. The van der Waals surface area contributed by atoms with Gasteiger partial charge in [-0.25, -0.2) is 9.59 Å². The zero-order chi connectivity index (χ0) is 20.0. The van der Waals surface area contributed by atoms with Crippen molar-refractivity contribution in [1.29, 1.82) is 0 Å². The number of benzene rings is 1. The quantitative estimate of drug-likeness (QED) is 0.290. The Morgan fingerprint density at radius 3 is 2.12 bits per heavy atom. The maximum absolute atomic E-state index is 12.7. The monoisotopic (exact) mass is 380 g/mol. The number of esters is 2. The first-order chi connectivity index (χ1) is 11.9. The molecule has 0 aliphatic heterocycles. The van der Waals surface area contributed by atoms with E-state index in [4.69, 9.17) is 4.74 Å². The molecule has 0 heterocycles. The third-order valence-electron chi connectivity index (χ3n) is 3.19. The molecule has 0 radical (unpaired) electrons. The lowest BCUT2D eigenvalue weighted by molar-refractivity contribution is -0.284. The normalized spacial score (nSPS) is 11.8. The Hall–Kier alpha value is -2.45. The Labute approximate surface area is 146 Å². The number of ether oxygens (including phenoxy) is 2. The lowest BCUT2D eigenvalue weighted by atomic mass is 10.1. The van der Waals surface area contributed by atoms with Crippen molar-refractivity contribution >= 4 is 11.9 Å². The molecule has 0 N–H and O–H groups in total. The van der Waals surface area contributed by atoms with Gasteiger partial charge in [0.15, 0.2) is 0 Å². The minimum absolute atomic E-state index is 0.0342. The fourth-order valence-electron chi connectivity index (χ4n) is 1.69. The smallest absolute Gasteiger partial charge is 0.453 e. The van der Waals surface area contributed by atoms with Crippen molar-refractivity contribution in [1.82, 2.24) is 0 Å². The Morgan fingerprint density at radius 2 is 1.62 bits per heavy atom. The highest BCUT2D eigenvalue weighted by Gasteiger charge is 2.56. The molecule has 1 rings (SSSR count). The molecule has 144 valence electrons. The molecular formula is C17H17F5O4. The average molecular weight is 380 g/mol. The zero-order valence-corrected chi connectivity index (χ0v) is 13.9. The van der Waals surface area contributed by atoms with E-state index in [0.29, 0.717) is 5.56 Å². The molecule has 0 aromatic heterocycles. The minimum Gasteiger partial charge on any atom is -0.462 e. The molecule has 26 heavy (non-hydrogen) atoms. The van der Waals surface area contributed by atoms with E-state index < -0.39 is 43.5 Å². The molecule has 0 fully saturated rings. The van der Waals surface area contributed by atoms with Gasteiger partial charge < -0.3 is 9.47 Å². The first-order valence-corrected chi connectivity index (χ1v) is 7.47. The number of hydrogen-bond acceptors (Lipinski definition) is 4. The van der Waals surface area contributed by atoms with E-state index in [-0.39, 0.29) is 17.7 Å². The van der Waals surface area contributed by atoms with E-state index in [0.717, 1.165) is 0 Å². The maximum atomic E-state index is 12.7. The number of hydrogen-bond donors (Lipinski definition) is 0. The molecule has 0 spiro atoms. The van der Waals surface area contributed by atoms with Gasteiger partial charge in [0.05, 0.1) is 12.2 Å². The Kier molecular flexibility index (Phi) is 7.29. The van der Waals surface area contributed by atoms with Gasteiger partial charge in [-0.3, -0.25) is 0 Å². The second kappa shape index (κ2) is 8.77. The average Bonchev–Trinajstić information content (AvgIpc) is 2.55. The number of alkyl halides is 5. The molecule has 0 bridgehead atoms. The van der Waals surface area contributed by atoms with Gasteiger partial charge in [-0.05, 0) is 31.0 Å². The summed E-state index contributed by atoms with van der Waals surface area (Å²) < 4.78 is 70.9. The van der Waals surface area contributed by atoms with E-state index >= 15 is 0 Å². The highest BCUT2D eigenvalue weighted by molar-refractivity contribution is 5.89. The summed E-state index contributed by atoms with van der Waals surface area (Å²) in [6, 6.07) is 5.69. The summed E-state index contributed by atoms with van der Waals surface area (Å²) in [5.41, 5.74) is 0.907. The van der Waals surface area contributed by atoms with Crippen LogP contribution in [0.5, 0.6) is 0 Å². The van der Waals surface area contributed by atoms with Crippen molar-refractivity contribution in [3.05, 3.63) is 47.5 Å². The molecule has 4 nitrogen and oxygen atoms in total. The fourth-order valence-corrected chi connectivity index (χ4v) is 1.69. The molecule has 0 aliphatic rings. The molecule has 0 atom stereocenters. The second-order valence-corrected chi connectivity index (χ2v) is 5.50. The van der Waals surface area contributed by atoms with Crippen molar-refractivity contribution in [3.63, 3.8) is 0 Å². The van der Waals surface area contributed by atoms with Crippen LogP contribution >= 0.6 is 0 Å². The van der Waals surface area contributed by atoms with Crippen molar-refractivity contribution in [2.24, 2.45) is 0 Å². The molecule has 0 amide bonds. The zero-order valence-electron chi connectivity index (χ0n) is 13.9. The SMILES string of the molecule is C=C(C)C(=O)OCc1ccc(C(=O)OCCCC(F)(F)C(F)(F)F)cc1. The second-order valence-electron chi connectivity index (χ2n) is 5.50. The summed E-state index contributed by atoms with van der Waals surface area (Å²) in [5.74, 6) is -6.24. The van der Waals surface area contributed by atoms with E-state index in [2.05, 4.69) is 11.3 Å². The first kappa shape index (κ1) is 21.6. The molecule has 0 saturated carbocycles. The maximum Gasteiger partial charge on any atom is 0.453 e. The van der Waals surface area contributed by atoms with Gasteiger partial charge >= 0.3 is 24.0 Å². The van der Waals surface area contributed by atoms with Gasteiger partial charge in [-0.1, -0.05) is 18.7 Å². The largest absolute Gasteiger partial charge is 0.462 e. The van der Waals surface area contributed by atoms with Crippen LogP contribution in [0.15, 0.2) is 36.4 Å². The van der Waals surface area contributed by atoms with E-state index in [9.17, 15) is 31.5 Å². The predicted molar refractivity (Wildman–Crippen MR) is 81.6 cm³/mol. The standard InChI is InChI=1S/C17H17F5O4/c1-11(2)14(23)26-10-12-4-6-13(7-5-12)15(24)25-9-3-8-16(18,19)17(20,21)22/h4-7H,1,3,8-10H2,2H3. The summed E-state index contributed by atoms with van der Waals surface area (Å²) >= 11 is 0. The van der Waals surface area contributed by atoms with Crippen LogP contribution in [0.1, 0.15) is 35.7 Å². The lowest BCUT2D eigenvalue weighted by Crippen LogP contribution is -2.36. The van der Waals surface area contributed by atoms with Crippen LogP contribution in [-0.2, 0) is 20.9 Å². The summed E-state index contributed by atoms with van der Waals surface area (Å²) in [7, 11) is 0. The number of halogens is 5. The van der Waals surface area contributed by atoms with Crippen molar-refractivity contribution < 1.29 is 41.0 Å². The van der Waals surface area contributed by atoms with Gasteiger partial charge in [-0.15, -0.1) is 0 Å². The van der Waals surface area contributed by atoms with Gasteiger partial charge in [0.25, 0.3) is 0 Å². The first-order valence-electron chi connectivity index (χ1n) is 7.47. The highest BCUT2D eigenvalue weighted by Crippen LogP contribution is 2.38. The third kappa shape index (κ3) is 6.45. The van der Waals surface area contributed by atoms with Crippen LogP contribution in [0.4, 0.5) is 22.0 Å². The molecular weight excluding hydrogens is 363 g/mol. The van der Waals surface area contributed by atoms with Crippen LogP contribution in [0.25, 0.3) is 0 Å². The van der Waals surface area contributed by atoms with Crippen LogP contribution < -0.4 is 0 Å². The Bertz CT molecular complexity index is 650. The summed E-state index contributed by atoms with van der Waals surface area (Å²) in [4.78, 5) is 23.0. The molecule has 1 aromatic rings. The van der Waals surface area contributed by atoms with Crippen molar-refractivity contribution in [3.8, 4) is 0 Å². The van der Waals surface area contributed by atoms with Crippen LogP contribution in [0.2, 0.25) is 0 Å². The number of rotatable bonds is 8. The molecule has 0 saturated heterocycles. The Morgan fingerprint density at radius 1 is 1.04 bits per heavy atom. The van der Waals surface area contributed by atoms with Gasteiger partial charge in [0.1, 0.15) is 6.61 Å². The van der Waals surface area contributed by atoms with Gasteiger partial charge in [0.2, 0.25) is 0 Å². The number of carbonyl (C=O) groups excluding carboxylic acids is 2. The Balaban J connectivity index is 2.44. The topological polar surface area (TPSA) is 52.6 Å². The summed E-state index contributed by atoms with van der Waals surface area (Å²) in [5, 5.41) is 0. The van der Waals surface area contributed by atoms with Gasteiger partial charge in [0, 0.05) is 12.0 Å². The van der Waals surface area contributed by atoms with E-state index in [1.165, 1.54) is 31.2 Å². The van der Waals surface area contributed by atoms with Crippen molar-refractivity contribution in [2.75, 3.05) is 6.61 Å². The van der Waals surface area contributed by atoms with E-state index in [1.54, 1.807) is 0 Å². The fraction of sp³-hybridized carbons (Fsp3) is 0.412. The predicted octanol–water partition coefficient (Wildman–Crippen LogP) is 4.44. The molecule has 9 heteroatoms. The van der Waals surface area contributed by atoms with Crippen LogP contribution in [0, 0.1) is 0 Å². The molecule has 0 aliphatic carbocycles. The minimum atomic E-state index is -5.62. The summed E-state index contributed by atoms with van der Waals surface area (Å²) in [6.07, 6.45) is -7.72. The third-order valence-corrected chi connectivity index (χ3v) is 3.19. The van der Waals surface area contributed by atoms with Crippen LogP contribution in [0.3, 0.4) is 0 Å². The highest BCUT2D eigenvalue weighted by atomic mass is 19.4. The number of carbonyl (C=O) groups is 2. The molecule has 0 unspecified atom stereocenters.